The van der Waals surface area contributed by atoms with Crippen LogP contribution in [0.25, 0.3) is 32.9 Å². The Balaban J connectivity index is 1.19. The molecule has 0 atom stereocenters. The molecule has 17 heteroatoms. The molecule has 8 rings (SSSR count). The number of amides is 1. The number of methoxy groups -OCH3 is 1. The molecule has 4 aromatic rings. The number of likely N-dealkylation sites (tertiary alicyclic amines) is 2. The van der Waals surface area contributed by atoms with Crippen LogP contribution in [0.2, 0.25) is 0 Å². The van der Waals surface area contributed by atoms with E-state index in [0.717, 1.165) is 60.1 Å². The molecule has 3 saturated heterocycles. The summed E-state index contributed by atoms with van der Waals surface area (Å²) in [6.07, 6.45) is -2.85. The molecule has 2 aromatic heterocycles. The second kappa shape index (κ2) is 15.3. The molecule has 3 aliphatic heterocycles. The minimum absolute atomic E-state index is 0.0138. The molecule has 2 aromatic carbocycles. The Bertz CT molecular complexity index is 2140. The van der Waals surface area contributed by atoms with Gasteiger partial charge in [-0.3, -0.25) is 9.89 Å². The van der Waals surface area contributed by atoms with E-state index in [9.17, 15) is 31.1 Å². The van der Waals surface area contributed by atoms with Gasteiger partial charge in [0.25, 0.3) is 0 Å². The highest BCUT2D eigenvalue weighted by Gasteiger charge is 2.47. The van der Waals surface area contributed by atoms with Gasteiger partial charge in [0.1, 0.15) is 17.4 Å². The summed E-state index contributed by atoms with van der Waals surface area (Å²) < 4.78 is 98.0. The van der Waals surface area contributed by atoms with Crippen LogP contribution >= 0.6 is 0 Å². The molecule has 0 unspecified atom stereocenters. The van der Waals surface area contributed by atoms with Crippen LogP contribution in [0.4, 0.5) is 32.2 Å². The van der Waals surface area contributed by atoms with E-state index in [4.69, 9.17) is 24.2 Å². The SMILES string of the molecule is COCCN1CCC(Oc2nc(N3CCC4(CC3)CN(C(=O)/C=C/C(F)(F)F)C4)c3cc(C4CC4)c(-c4c(C)ccc5[nH]ncc45)c(OCC(F)(F)F)c3n2)CC1. The first kappa shape index (κ1) is 39.2. The van der Waals surface area contributed by atoms with Crippen molar-refractivity contribution in [3.8, 4) is 22.9 Å². The van der Waals surface area contributed by atoms with Crippen molar-refractivity contribution in [1.29, 1.82) is 0 Å². The first-order valence-electron chi connectivity index (χ1n) is 19.4. The number of benzene rings is 2. The quantitative estimate of drug-likeness (QED) is 0.123. The lowest BCUT2D eigenvalue weighted by molar-refractivity contribution is -0.153. The molecule has 0 bridgehead atoms. The summed E-state index contributed by atoms with van der Waals surface area (Å²) in [5.74, 6) is -0.0586. The molecule has 1 aliphatic carbocycles. The topological polar surface area (TPSA) is 109 Å². The van der Waals surface area contributed by atoms with Crippen molar-refractivity contribution in [3.05, 3.63) is 47.7 Å². The molecule has 1 amide bonds. The smallest absolute Gasteiger partial charge is 0.422 e. The fraction of sp³-hybridized carbons (Fsp3) is 0.550. The minimum Gasteiger partial charge on any atom is -0.481 e. The standard InChI is InChI=1S/C40H45F6N7O4/c1-24-3-6-30-29(20-47-50-30)32(24)33-27(25-4-5-25)19-28-34(35(33)56-23-40(44,45)46)48-37(57-26-8-13-51(14-9-26)17-18-55-2)49-36(28)52-15-11-38(12-16-52)21-53(22-38)31(54)7-10-39(41,42)43/h3,6-7,10,19-20,25-26H,4-5,8-9,11-18,21-23H2,1-2H3,(H,47,50)/b10-7+. The number of nitrogens with zero attached hydrogens (tertiary/aromatic N) is 6. The molecule has 11 nitrogen and oxygen atoms in total. The summed E-state index contributed by atoms with van der Waals surface area (Å²) in [5, 5.41) is 8.54. The number of aromatic nitrogens is 4. The molecule has 306 valence electrons. The molecule has 4 fully saturated rings. The van der Waals surface area contributed by atoms with Crippen LogP contribution in [0.15, 0.2) is 36.5 Å². The monoisotopic (exact) mass is 801 g/mol. The van der Waals surface area contributed by atoms with Gasteiger partial charge in [0.05, 0.1) is 18.3 Å². The average molecular weight is 802 g/mol. The highest BCUT2D eigenvalue weighted by atomic mass is 19.4. The summed E-state index contributed by atoms with van der Waals surface area (Å²) in [5.41, 5.74) is 3.67. The van der Waals surface area contributed by atoms with E-state index < -0.39 is 24.9 Å². The zero-order valence-corrected chi connectivity index (χ0v) is 31.8. The summed E-state index contributed by atoms with van der Waals surface area (Å²) >= 11 is 0. The van der Waals surface area contributed by atoms with Gasteiger partial charge in [-0.1, -0.05) is 6.07 Å². The summed E-state index contributed by atoms with van der Waals surface area (Å²) in [7, 11) is 1.66. The van der Waals surface area contributed by atoms with Crippen molar-refractivity contribution in [2.24, 2.45) is 5.41 Å². The number of rotatable bonds is 11. The Morgan fingerprint density at radius 1 is 0.982 bits per heavy atom. The summed E-state index contributed by atoms with van der Waals surface area (Å²) in [6, 6.07) is 5.86. The maximum absolute atomic E-state index is 14.1. The number of allylic oxidation sites excluding steroid dienone is 1. The predicted molar refractivity (Wildman–Crippen MR) is 201 cm³/mol. The van der Waals surface area contributed by atoms with Crippen molar-refractivity contribution >= 4 is 33.5 Å². The van der Waals surface area contributed by atoms with Crippen LogP contribution in [0.3, 0.4) is 0 Å². The van der Waals surface area contributed by atoms with Crippen LogP contribution in [-0.2, 0) is 9.53 Å². The average Bonchev–Trinajstić information content (AvgIpc) is 3.90. The molecule has 0 radical (unpaired) electrons. The zero-order chi connectivity index (χ0) is 40.1. The predicted octanol–water partition coefficient (Wildman–Crippen LogP) is 7.34. The second-order valence-corrected chi connectivity index (χ2v) is 15.9. The van der Waals surface area contributed by atoms with Gasteiger partial charge in [0.15, 0.2) is 12.4 Å². The van der Waals surface area contributed by atoms with E-state index in [1.807, 2.05) is 25.1 Å². The molecule has 57 heavy (non-hydrogen) atoms. The number of alkyl halides is 6. The lowest BCUT2D eigenvalue weighted by Crippen LogP contribution is -2.61. The van der Waals surface area contributed by atoms with E-state index >= 15 is 0 Å². The summed E-state index contributed by atoms with van der Waals surface area (Å²) in [6.45, 7) is 5.02. The zero-order valence-electron chi connectivity index (χ0n) is 31.8. The number of carbonyl (C=O) groups excluding carboxylic acids is 1. The fourth-order valence-electron chi connectivity index (χ4n) is 8.56. The summed E-state index contributed by atoms with van der Waals surface area (Å²) in [4.78, 5) is 28.1. The van der Waals surface area contributed by atoms with Crippen LogP contribution in [0, 0.1) is 12.3 Å². The highest BCUT2D eigenvalue weighted by molar-refractivity contribution is 6.06. The van der Waals surface area contributed by atoms with Crippen molar-refractivity contribution in [2.75, 3.05) is 71.0 Å². The number of halogens is 6. The number of carbonyl (C=O) groups is 1. The van der Waals surface area contributed by atoms with E-state index in [-0.39, 0.29) is 40.8 Å². The molecule has 1 spiro atoms. The highest BCUT2D eigenvalue weighted by Crippen LogP contribution is 2.53. The number of nitrogens with one attached hydrogen (secondary N) is 1. The molecular weight excluding hydrogens is 756 g/mol. The number of aryl methyl sites for hydroxylation is 1. The number of piperidine rings is 2. The van der Waals surface area contributed by atoms with Crippen molar-refractivity contribution in [1.82, 2.24) is 30.0 Å². The van der Waals surface area contributed by atoms with Crippen LogP contribution in [0.1, 0.15) is 55.6 Å². The van der Waals surface area contributed by atoms with Gasteiger partial charge in [-0.05, 0) is 80.2 Å². The third-order valence-electron chi connectivity index (χ3n) is 11.7. The Morgan fingerprint density at radius 2 is 1.72 bits per heavy atom. The van der Waals surface area contributed by atoms with Crippen molar-refractivity contribution < 1.29 is 45.3 Å². The van der Waals surface area contributed by atoms with Crippen LogP contribution < -0.4 is 14.4 Å². The van der Waals surface area contributed by atoms with Gasteiger partial charge in [-0.25, -0.2) is 0 Å². The van der Waals surface area contributed by atoms with E-state index in [1.165, 1.54) is 4.90 Å². The number of ether oxygens (including phenoxy) is 3. The largest absolute Gasteiger partial charge is 0.481 e. The van der Waals surface area contributed by atoms with E-state index in [0.29, 0.717) is 81.3 Å². The maximum atomic E-state index is 14.1. The molecule has 4 aliphatic rings. The van der Waals surface area contributed by atoms with Crippen molar-refractivity contribution in [3.63, 3.8) is 0 Å². The number of H-pyrrole nitrogens is 1. The first-order chi connectivity index (χ1) is 27.2. The molecule has 1 N–H and O–H groups in total. The van der Waals surface area contributed by atoms with Crippen molar-refractivity contribution in [2.45, 2.75) is 69.8 Å². The lowest BCUT2D eigenvalue weighted by atomic mass is 9.72. The van der Waals surface area contributed by atoms with Gasteiger partial charge in [-0.2, -0.15) is 41.4 Å². The number of aromatic amines is 1. The molecule has 5 heterocycles. The van der Waals surface area contributed by atoms with E-state index in [2.05, 4.69) is 20.0 Å². The number of fused-ring (bicyclic) bond motifs is 2. The van der Waals surface area contributed by atoms with Crippen LogP contribution in [-0.4, -0.2) is 120 Å². The van der Waals surface area contributed by atoms with Gasteiger partial charge in [-0.15, -0.1) is 0 Å². The van der Waals surface area contributed by atoms with Gasteiger partial charge in [0.2, 0.25) is 5.91 Å². The molecular formula is C40H45F6N7O4. The van der Waals surface area contributed by atoms with E-state index in [1.54, 1.807) is 13.3 Å². The van der Waals surface area contributed by atoms with Gasteiger partial charge >= 0.3 is 18.4 Å². The normalized spacial score (nSPS) is 19.6. The second-order valence-electron chi connectivity index (χ2n) is 15.9. The fourth-order valence-corrected chi connectivity index (χ4v) is 8.56. The Hall–Kier alpha value is -4.64. The van der Waals surface area contributed by atoms with Gasteiger partial charge < -0.3 is 28.9 Å². The van der Waals surface area contributed by atoms with Gasteiger partial charge in [0, 0.05) is 86.8 Å². The molecule has 1 saturated carbocycles. The number of anilines is 1. The Labute approximate surface area is 325 Å². The van der Waals surface area contributed by atoms with Crippen LogP contribution in [0.5, 0.6) is 11.8 Å². The third-order valence-corrected chi connectivity index (χ3v) is 11.7. The number of hydrogen-bond acceptors (Lipinski definition) is 9. The maximum Gasteiger partial charge on any atom is 0.422 e. The minimum atomic E-state index is -4.64. The Morgan fingerprint density at radius 3 is 2.39 bits per heavy atom. The number of hydrogen-bond donors (Lipinski definition) is 1. The third kappa shape index (κ3) is 8.50. The lowest BCUT2D eigenvalue weighted by Gasteiger charge is -2.54. The Kier molecular flexibility index (Phi) is 10.5. The first-order valence-corrected chi connectivity index (χ1v) is 19.4.